The Balaban J connectivity index is 1.71. The van der Waals surface area contributed by atoms with Crippen molar-refractivity contribution in [2.75, 3.05) is 14.2 Å². The lowest BCUT2D eigenvalue weighted by molar-refractivity contribution is -0.243. The second-order valence-corrected chi connectivity index (χ2v) is 8.78. The van der Waals surface area contributed by atoms with Crippen molar-refractivity contribution in [3.8, 4) is 0 Å². The molecule has 0 radical (unpaired) electrons. The van der Waals surface area contributed by atoms with Crippen molar-refractivity contribution in [3.05, 3.63) is 22.8 Å². The highest BCUT2D eigenvalue weighted by Gasteiger charge is 2.54. The molecule has 0 aliphatic heterocycles. The minimum Gasteiger partial charge on any atom is -0.353 e. The second-order valence-electron chi connectivity index (χ2n) is 8.78. The van der Waals surface area contributed by atoms with Crippen LogP contribution in [0.2, 0.25) is 0 Å². The van der Waals surface area contributed by atoms with E-state index >= 15 is 0 Å². The summed E-state index contributed by atoms with van der Waals surface area (Å²) in [6.45, 7) is 4.46. The van der Waals surface area contributed by atoms with Crippen LogP contribution in [0, 0.1) is 23.2 Å². The van der Waals surface area contributed by atoms with E-state index in [0.29, 0.717) is 23.5 Å². The van der Waals surface area contributed by atoms with Crippen LogP contribution in [-0.4, -0.2) is 25.8 Å². The van der Waals surface area contributed by atoms with E-state index in [1.807, 2.05) is 0 Å². The minimum absolute atomic E-state index is 0.0894. The zero-order valence-electron chi connectivity index (χ0n) is 16.2. The summed E-state index contributed by atoms with van der Waals surface area (Å²) in [4.78, 5) is 12.5. The third kappa shape index (κ3) is 2.35. The summed E-state index contributed by atoms with van der Waals surface area (Å²) in [5, 5.41) is 0. The van der Waals surface area contributed by atoms with Gasteiger partial charge in [0.05, 0.1) is 0 Å². The van der Waals surface area contributed by atoms with E-state index in [2.05, 4.69) is 19.9 Å². The molecule has 0 aromatic carbocycles. The molecule has 138 valence electrons. The average Bonchev–Trinajstić information content (AvgIpc) is 2.95. The highest BCUT2D eigenvalue weighted by atomic mass is 16.7. The second kappa shape index (κ2) is 6.06. The summed E-state index contributed by atoms with van der Waals surface area (Å²) >= 11 is 0. The Hall–Kier alpha value is -0.930. The first-order valence-electron chi connectivity index (χ1n) is 10.0. The Bertz CT molecular complexity index is 640. The van der Waals surface area contributed by atoms with E-state index < -0.39 is 5.79 Å². The molecule has 25 heavy (non-hydrogen) atoms. The average molecular weight is 344 g/mol. The number of fused-ring (bicyclic) bond motifs is 4. The third-order valence-corrected chi connectivity index (χ3v) is 8.02. The topological polar surface area (TPSA) is 35.5 Å². The summed E-state index contributed by atoms with van der Waals surface area (Å²) in [5.41, 5.74) is 4.63. The summed E-state index contributed by atoms with van der Waals surface area (Å²) in [7, 11) is 3.58. The van der Waals surface area contributed by atoms with E-state index in [0.717, 1.165) is 44.9 Å². The van der Waals surface area contributed by atoms with E-state index in [1.165, 1.54) is 6.42 Å². The minimum atomic E-state index is -0.451. The maximum atomic E-state index is 12.5. The van der Waals surface area contributed by atoms with Gasteiger partial charge >= 0.3 is 0 Å². The summed E-state index contributed by atoms with van der Waals surface area (Å²) in [6, 6.07) is 0. The van der Waals surface area contributed by atoms with Gasteiger partial charge in [0.15, 0.2) is 5.79 Å². The van der Waals surface area contributed by atoms with Crippen molar-refractivity contribution in [3.63, 3.8) is 0 Å². The molecule has 3 nitrogen and oxygen atoms in total. The quantitative estimate of drug-likeness (QED) is 0.689. The SMILES string of the molecule is CCC1CC2=C(CC[C@@H]3C2=CC[C@]2(C)C(=O)CC[C@@H]32)CC1(OC)OC. The molecule has 0 aromatic rings. The van der Waals surface area contributed by atoms with Crippen LogP contribution in [0.4, 0.5) is 0 Å². The van der Waals surface area contributed by atoms with Gasteiger partial charge in [-0.15, -0.1) is 0 Å². The van der Waals surface area contributed by atoms with E-state index in [9.17, 15) is 4.79 Å². The van der Waals surface area contributed by atoms with Gasteiger partial charge in [-0.3, -0.25) is 4.79 Å². The van der Waals surface area contributed by atoms with Gasteiger partial charge in [0.2, 0.25) is 0 Å². The van der Waals surface area contributed by atoms with Crippen LogP contribution in [0.5, 0.6) is 0 Å². The molecule has 4 aliphatic rings. The number of carbonyl (C=O) groups is 1. The molecule has 0 spiro atoms. The molecule has 0 amide bonds. The number of methoxy groups -OCH3 is 2. The van der Waals surface area contributed by atoms with Gasteiger partial charge in [-0.25, -0.2) is 0 Å². The number of allylic oxidation sites excluding steroid dienone is 3. The fourth-order valence-electron chi connectivity index (χ4n) is 6.40. The number of hydrogen-bond acceptors (Lipinski definition) is 3. The lowest BCUT2D eigenvalue weighted by Gasteiger charge is -2.49. The molecular formula is C22H32O3. The lowest BCUT2D eigenvalue weighted by Crippen LogP contribution is -2.47. The van der Waals surface area contributed by atoms with Crippen LogP contribution in [-0.2, 0) is 14.3 Å². The van der Waals surface area contributed by atoms with Crippen molar-refractivity contribution in [2.24, 2.45) is 23.2 Å². The molecule has 4 atom stereocenters. The zero-order chi connectivity index (χ0) is 17.8. The molecule has 1 unspecified atom stereocenters. The highest BCUT2D eigenvalue weighted by Crippen LogP contribution is 2.59. The number of carbonyl (C=O) groups excluding carboxylic acids is 1. The fraction of sp³-hybridized carbons (Fsp3) is 0.773. The Morgan fingerprint density at radius 2 is 1.96 bits per heavy atom. The van der Waals surface area contributed by atoms with Gasteiger partial charge in [0, 0.05) is 38.4 Å². The van der Waals surface area contributed by atoms with Gasteiger partial charge in [-0.1, -0.05) is 25.5 Å². The molecule has 4 rings (SSSR count). The van der Waals surface area contributed by atoms with Gasteiger partial charge in [0.1, 0.15) is 5.78 Å². The van der Waals surface area contributed by atoms with Gasteiger partial charge < -0.3 is 9.47 Å². The van der Waals surface area contributed by atoms with Crippen LogP contribution in [0.3, 0.4) is 0 Å². The number of hydrogen-bond donors (Lipinski definition) is 0. The van der Waals surface area contributed by atoms with Crippen LogP contribution in [0.25, 0.3) is 0 Å². The molecular weight excluding hydrogens is 312 g/mol. The van der Waals surface area contributed by atoms with Crippen molar-refractivity contribution in [2.45, 2.75) is 71.0 Å². The predicted molar refractivity (Wildman–Crippen MR) is 98.1 cm³/mol. The van der Waals surface area contributed by atoms with Crippen LogP contribution >= 0.6 is 0 Å². The number of rotatable bonds is 3. The van der Waals surface area contributed by atoms with Gasteiger partial charge in [0.25, 0.3) is 0 Å². The van der Waals surface area contributed by atoms with Crippen LogP contribution < -0.4 is 0 Å². The Morgan fingerprint density at radius 1 is 1.20 bits per heavy atom. The third-order valence-electron chi connectivity index (χ3n) is 8.02. The first kappa shape index (κ1) is 17.5. The zero-order valence-corrected chi connectivity index (χ0v) is 16.2. The normalized spacial score (nSPS) is 39.6. The molecule has 1 fully saturated rings. The molecule has 4 aliphatic carbocycles. The Morgan fingerprint density at radius 3 is 2.64 bits per heavy atom. The number of ketones is 1. The lowest BCUT2D eigenvalue weighted by atomic mass is 9.58. The van der Waals surface area contributed by atoms with Crippen molar-refractivity contribution in [1.82, 2.24) is 0 Å². The molecule has 0 N–H and O–H groups in total. The smallest absolute Gasteiger partial charge is 0.174 e. The first-order valence-corrected chi connectivity index (χ1v) is 10.0. The fourth-order valence-corrected chi connectivity index (χ4v) is 6.40. The summed E-state index contributed by atoms with van der Waals surface area (Å²) in [5.74, 6) is 1.61. The predicted octanol–water partition coefficient (Wildman–Crippen LogP) is 4.82. The maximum absolute atomic E-state index is 12.5. The van der Waals surface area contributed by atoms with E-state index in [-0.39, 0.29) is 5.41 Å². The van der Waals surface area contributed by atoms with Gasteiger partial charge in [-0.2, -0.15) is 0 Å². The Kier molecular flexibility index (Phi) is 4.24. The van der Waals surface area contributed by atoms with E-state index in [1.54, 1.807) is 30.9 Å². The molecule has 1 saturated carbocycles. The highest BCUT2D eigenvalue weighted by molar-refractivity contribution is 5.87. The maximum Gasteiger partial charge on any atom is 0.174 e. The first-order chi connectivity index (χ1) is 12.0. The van der Waals surface area contributed by atoms with Crippen molar-refractivity contribution >= 4 is 5.78 Å². The Labute approximate surface area is 151 Å². The molecule has 0 bridgehead atoms. The molecule has 0 saturated heterocycles. The standard InChI is InChI=1S/C22H32O3/c1-5-15-12-18-14(13-22(15,24-3)25-4)6-7-17-16(18)10-11-21(2)19(17)8-9-20(21)23/h10,15,17,19H,5-9,11-13H2,1-4H3/t15?,17-,19+,21+/m1/s1. The van der Waals surface area contributed by atoms with Crippen molar-refractivity contribution < 1.29 is 14.3 Å². The summed E-state index contributed by atoms with van der Waals surface area (Å²) in [6.07, 6.45) is 10.6. The summed E-state index contributed by atoms with van der Waals surface area (Å²) < 4.78 is 11.8. The molecule has 0 aromatic heterocycles. The number of Topliss-reactive ketones (excluding diaryl/α,β-unsaturated/α-hetero) is 1. The molecule has 3 heteroatoms. The van der Waals surface area contributed by atoms with Crippen LogP contribution in [0.15, 0.2) is 22.8 Å². The number of ether oxygens (including phenoxy) is 2. The largest absolute Gasteiger partial charge is 0.353 e. The van der Waals surface area contributed by atoms with E-state index in [4.69, 9.17) is 9.47 Å². The van der Waals surface area contributed by atoms with Crippen LogP contribution in [0.1, 0.15) is 65.2 Å². The van der Waals surface area contributed by atoms with Gasteiger partial charge in [-0.05, 0) is 61.5 Å². The van der Waals surface area contributed by atoms with Crippen molar-refractivity contribution in [1.29, 1.82) is 0 Å². The molecule has 0 heterocycles. The monoisotopic (exact) mass is 344 g/mol.